The molecular weight excluding hydrogens is 409 g/mol. The number of benzene rings is 2. The van der Waals surface area contributed by atoms with Crippen molar-refractivity contribution >= 4 is 52.2 Å². The quantitative estimate of drug-likeness (QED) is 0.443. The molecule has 0 saturated heterocycles. The number of aryl methyl sites for hydroxylation is 2. The number of rotatable bonds is 6. The van der Waals surface area contributed by atoms with Gasteiger partial charge < -0.3 is 9.64 Å². The zero-order valence-electron chi connectivity index (χ0n) is 14.9. The van der Waals surface area contributed by atoms with E-state index in [4.69, 9.17) is 39.5 Å². The molecule has 1 aliphatic heterocycles. The van der Waals surface area contributed by atoms with Gasteiger partial charge in [-0.3, -0.25) is 9.59 Å². The Morgan fingerprint density at radius 2 is 1.63 bits per heavy atom. The Hall–Kier alpha value is -1.75. The molecular formula is C20H18Cl3NO3. The summed E-state index contributed by atoms with van der Waals surface area (Å²) in [7, 11) is 0. The Morgan fingerprint density at radius 3 is 2.30 bits per heavy atom. The summed E-state index contributed by atoms with van der Waals surface area (Å²) >= 11 is 18.3. The van der Waals surface area contributed by atoms with Crippen molar-refractivity contribution in [1.29, 1.82) is 0 Å². The first-order chi connectivity index (χ1) is 12.8. The molecule has 0 spiro atoms. The fourth-order valence-electron chi connectivity index (χ4n) is 3.12. The van der Waals surface area contributed by atoms with Crippen LogP contribution in [0.4, 0.5) is 5.69 Å². The van der Waals surface area contributed by atoms with E-state index in [9.17, 15) is 9.59 Å². The summed E-state index contributed by atoms with van der Waals surface area (Å²) in [6.07, 6.45) is 1.39. The number of amides is 1. The number of anilines is 1. The number of hydrogen-bond acceptors (Lipinski definition) is 3. The minimum Gasteiger partial charge on any atom is -0.494 e. The topological polar surface area (TPSA) is 46.6 Å². The predicted octanol–water partition coefficient (Wildman–Crippen LogP) is 5.65. The van der Waals surface area contributed by atoms with Gasteiger partial charge in [0, 0.05) is 16.6 Å². The summed E-state index contributed by atoms with van der Waals surface area (Å²) in [5.41, 5.74) is 2.65. The van der Waals surface area contributed by atoms with E-state index in [1.165, 1.54) is 17.0 Å². The highest BCUT2D eigenvalue weighted by atomic mass is 35.5. The van der Waals surface area contributed by atoms with Gasteiger partial charge in [0.1, 0.15) is 5.75 Å². The lowest BCUT2D eigenvalue weighted by atomic mass is 10.1. The van der Waals surface area contributed by atoms with Crippen molar-refractivity contribution in [2.45, 2.75) is 26.7 Å². The number of carbonyl (C=O) groups is 2. The molecule has 0 unspecified atom stereocenters. The monoisotopic (exact) mass is 425 g/mol. The Labute approximate surface area is 173 Å². The van der Waals surface area contributed by atoms with E-state index < -0.39 is 11.7 Å². The van der Waals surface area contributed by atoms with Gasteiger partial charge in [-0.2, -0.15) is 0 Å². The molecule has 142 valence electrons. The van der Waals surface area contributed by atoms with E-state index in [0.29, 0.717) is 35.3 Å². The molecule has 0 saturated carbocycles. The zero-order chi connectivity index (χ0) is 19.7. The minimum atomic E-state index is -0.572. The van der Waals surface area contributed by atoms with Crippen LogP contribution in [0.25, 0.3) is 0 Å². The van der Waals surface area contributed by atoms with Crippen LogP contribution < -0.4 is 9.64 Å². The molecule has 0 radical (unpaired) electrons. The van der Waals surface area contributed by atoms with E-state index in [2.05, 4.69) is 0 Å². The molecule has 3 rings (SSSR count). The zero-order valence-corrected chi connectivity index (χ0v) is 17.2. The third-order valence-corrected chi connectivity index (χ3v) is 5.54. The van der Waals surface area contributed by atoms with Crippen molar-refractivity contribution < 1.29 is 14.3 Å². The second kappa shape index (κ2) is 8.09. The molecule has 7 heteroatoms. The second-order valence-electron chi connectivity index (χ2n) is 6.50. The first-order valence-electron chi connectivity index (χ1n) is 8.54. The molecule has 27 heavy (non-hydrogen) atoms. The van der Waals surface area contributed by atoms with Gasteiger partial charge in [0.15, 0.2) is 0 Å². The molecule has 0 bridgehead atoms. The van der Waals surface area contributed by atoms with Crippen molar-refractivity contribution in [1.82, 2.24) is 0 Å². The molecule has 0 fully saturated rings. The smallest absolute Gasteiger partial charge is 0.299 e. The predicted molar refractivity (Wildman–Crippen MR) is 109 cm³/mol. The maximum atomic E-state index is 12.2. The van der Waals surface area contributed by atoms with Crippen LogP contribution in [-0.4, -0.2) is 24.8 Å². The highest BCUT2D eigenvalue weighted by molar-refractivity contribution is 6.54. The lowest BCUT2D eigenvalue weighted by molar-refractivity contribution is -0.114. The number of carbonyl (C=O) groups excluding carboxylic acids is 2. The van der Waals surface area contributed by atoms with Crippen molar-refractivity contribution in [3.8, 4) is 5.75 Å². The minimum absolute atomic E-state index is 0.265. The summed E-state index contributed by atoms with van der Waals surface area (Å²) in [6, 6.07) is 6.82. The lowest BCUT2D eigenvalue weighted by Crippen LogP contribution is -2.31. The number of Topliss-reactive ketones (excluding diaryl/α,β-unsaturated/α-hetero) is 1. The van der Waals surface area contributed by atoms with Crippen LogP contribution in [0, 0.1) is 13.8 Å². The maximum absolute atomic E-state index is 12.2. The Kier molecular flexibility index (Phi) is 5.99. The first-order valence-corrected chi connectivity index (χ1v) is 9.67. The van der Waals surface area contributed by atoms with Gasteiger partial charge in [-0.1, -0.05) is 34.8 Å². The number of ketones is 1. The van der Waals surface area contributed by atoms with Gasteiger partial charge in [0.05, 0.1) is 22.9 Å². The summed E-state index contributed by atoms with van der Waals surface area (Å²) in [4.78, 5) is 25.8. The Morgan fingerprint density at radius 1 is 0.963 bits per heavy atom. The van der Waals surface area contributed by atoms with Gasteiger partial charge in [0.25, 0.3) is 11.7 Å². The van der Waals surface area contributed by atoms with Gasteiger partial charge >= 0.3 is 0 Å². The highest BCUT2D eigenvalue weighted by Gasteiger charge is 2.37. The van der Waals surface area contributed by atoms with Crippen molar-refractivity contribution in [2.24, 2.45) is 0 Å². The number of unbranched alkanes of at least 4 members (excludes halogenated alkanes) is 1. The van der Waals surface area contributed by atoms with Crippen LogP contribution in [0.15, 0.2) is 24.3 Å². The van der Waals surface area contributed by atoms with E-state index in [1.807, 2.05) is 26.0 Å². The van der Waals surface area contributed by atoms with E-state index >= 15 is 0 Å². The average molecular weight is 427 g/mol. The number of nitrogens with zero attached hydrogens (tertiary/aromatic N) is 1. The molecule has 0 aliphatic carbocycles. The summed E-state index contributed by atoms with van der Waals surface area (Å²) in [6.45, 7) is 4.76. The summed E-state index contributed by atoms with van der Waals surface area (Å²) < 4.78 is 5.77. The fraction of sp³-hybridized carbons (Fsp3) is 0.300. The number of ether oxygens (including phenoxy) is 1. The summed E-state index contributed by atoms with van der Waals surface area (Å²) in [5.74, 6) is -0.373. The average Bonchev–Trinajstić information content (AvgIpc) is 2.84. The Balaban J connectivity index is 1.58. The van der Waals surface area contributed by atoms with Crippen LogP contribution >= 0.6 is 34.8 Å². The number of fused-ring (bicyclic) bond motifs is 1. The van der Waals surface area contributed by atoms with Crippen LogP contribution in [0.5, 0.6) is 5.75 Å². The van der Waals surface area contributed by atoms with Crippen LogP contribution in [0.1, 0.15) is 34.3 Å². The van der Waals surface area contributed by atoms with Crippen LogP contribution in [-0.2, 0) is 4.79 Å². The fourth-order valence-corrected chi connectivity index (χ4v) is 3.82. The molecule has 0 N–H and O–H groups in total. The molecule has 4 nitrogen and oxygen atoms in total. The molecule has 1 heterocycles. The lowest BCUT2D eigenvalue weighted by Gasteiger charge is -2.18. The van der Waals surface area contributed by atoms with Crippen LogP contribution in [0.2, 0.25) is 15.1 Å². The molecule has 1 amide bonds. The van der Waals surface area contributed by atoms with Crippen molar-refractivity contribution in [3.63, 3.8) is 0 Å². The first kappa shape index (κ1) is 20.0. The van der Waals surface area contributed by atoms with Gasteiger partial charge in [0.2, 0.25) is 0 Å². The Bertz CT molecular complexity index is 904. The summed E-state index contributed by atoms with van der Waals surface area (Å²) in [5, 5.41) is 1.39. The molecule has 2 aromatic carbocycles. The number of halogens is 3. The van der Waals surface area contributed by atoms with Crippen molar-refractivity contribution in [3.05, 3.63) is 56.0 Å². The highest BCUT2D eigenvalue weighted by Crippen LogP contribution is 2.38. The normalized spacial score (nSPS) is 13.3. The van der Waals surface area contributed by atoms with Crippen LogP contribution in [0.3, 0.4) is 0 Å². The molecule has 2 aromatic rings. The van der Waals surface area contributed by atoms with E-state index in [1.54, 1.807) is 0 Å². The molecule has 0 atom stereocenters. The second-order valence-corrected chi connectivity index (χ2v) is 7.72. The largest absolute Gasteiger partial charge is 0.494 e. The van der Waals surface area contributed by atoms with Crippen molar-refractivity contribution in [2.75, 3.05) is 18.1 Å². The molecule has 0 aromatic heterocycles. The van der Waals surface area contributed by atoms with E-state index in [0.717, 1.165) is 28.3 Å². The maximum Gasteiger partial charge on any atom is 0.299 e. The molecule has 1 aliphatic rings. The number of hydrogen-bond donors (Lipinski definition) is 0. The van der Waals surface area contributed by atoms with Gasteiger partial charge in [-0.15, -0.1) is 0 Å². The van der Waals surface area contributed by atoms with Gasteiger partial charge in [-0.25, -0.2) is 0 Å². The third kappa shape index (κ3) is 4.08. The van der Waals surface area contributed by atoms with E-state index in [-0.39, 0.29) is 5.56 Å². The SMILES string of the molecule is Cc1cc(OCCCCN2C(=O)C(=O)c3cc(Cl)cc(Cl)c32)cc(C)c1Cl. The van der Waals surface area contributed by atoms with Gasteiger partial charge in [-0.05, 0) is 62.1 Å². The third-order valence-electron chi connectivity index (χ3n) is 4.44. The standard InChI is InChI=1S/C20H18Cl3NO3/c1-11-7-14(8-12(2)17(11)23)27-6-4-3-5-24-18-15(19(25)20(24)26)9-13(21)10-16(18)22/h7-10H,3-6H2,1-2H3.